The van der Waals surface area contributed by atoms with E-state index in [0.717, 1.165) is 17.6 Å². The maximum Gasteiger partial charge on any atom is 0.417 e. The molecule has 4 aromatic rings. The SMILES string of the molecule is C=CC(=O)N1[C@H](C)CN(c2nc(=O)n3c4c(c(-c5c(F)cc(F)c6sc(N)nc56)c(C(F)(F)F)cc24)OCCC3C2CSC2)C[C@@H]1C. The number of hydrogen-bond acceptors (Lipinski definition) is 9. The minimum atomic E-state index is -5.05. The van der Waals surface area contributed by atoms with Crippen LogP contribution < -0.4 is 21.1 Å². The number of nitrogen functional groups attached to an aromatic ring is 1. The van der Waals surface area contributed by atoms with Gasteiger partial charge in [-0.15, -0.1) is 0 Å². The molecule has 2 fully saturated rings. The van der Waals surface area contributed by atoms with Crippen LogP contribution in [0.25, 0.3) is 32.2 Å². The van der Waals surface area contributed by atoms with Gasteiger partial charge in [-0.1, -0.05) is 17.9 Å². The molecule has 0 spiro atoms. The number of anilines is 2. The summed E-state index contributed by atoms with van der Waals surface area (Å²) >= 11 is 2.37. The second-order valence-electron chi connectivity index (χ2n) is 12.1. The predicted octanol–water partition coefficient (Wildman–Crippen LogP) is 5.85. The lowest BCUT2D eigenvalue weighted by atomic mass is 9.93. The zero-order chi connectivity index (χ0) is 33.5. The van der Waals surface area contributed by atoms with Gasteiger partial charge in [0.15, 0.2) is 10.9 Å². The fourth-order valence-corrected chi connectivity index (χ4v) is 8.85. The average molecular weight is 693 g/mol. The number of rotatable bonds is 4. The number of aromatic nitrogens is 3. The number of halogens is 5. The average Bonchev–Trinajstić information content (AvgIpc) is 3.25. The number of nitrogens with zero attached hydrogens (tertiary/aromatic N) is 5. The molecule has 2 N–H and O–H groups in total. The van der Waals surface area contributed by atoms with Gasteiger partial charge in [-0.3, -0.25) is 9.36 Å². The third kappa shape index (κ3) is 5.02. The molecule has 0 bridgehead atoms. The Morgan fingerprint density at radius 2 is 1.81 bits per heavy atom. The van der Waals surface area contributed by atoms with Gasteiger partial charge in [0, 0.05) is 60.2 Å². The molecular weight excluding hydrogens is 664 g/mol. The predicted molar refractivity (Wildman–Crippen MR) is 172 cm³/mol. The molecule has 47 heavy (non-hydrogen) atoms. The van der Waals surface area contributed by atoms with Crippen molar-refractivity contribution in [3.63, 3.8) is 0 Å². The Bertz CT molecular complexity index is 2020. The quantitative estimate of drug-likeness (QED) is 0.210. The van der Waals surface area contributed by atoms with Gasteiger partial charge in [-0.2, -0.15) is 29.9 Å². The van der Waals surface area contributed by atoms with Crippen LogP contribution in [0.3, 0.4) is 0 Å². The van der Waals surface area contributed by atoms with Crippen LogP contribution >= 0.6 is 23.1 Å². The highest BCUT2D eigenvalue weighted by Crippen LogP contribution is 2.52. The lowest BCUT2D eigenvalue weighted by molar-refractivity contribution is -0.137. The van der Waals surface area contributed by atoms with E-state index in [1.165, 1.54) is 10.6 Å². The van der Waals surface area contributed by atoms with Gasteiger partial charge in [0.25, 0.3) is 0 Å². The zero-order valence-corrected chi connectivity index (χ0v) is 26.9. The van der Waals surface area contributed by atoms with E-state index < -0.39 is 58.3 Å². The minimum absolute atomic E-state index is 0.00110. The van der Waals surface area contributed by atoms with Gasteiger partial charge in [0.2, 0.25) is 5.91 Å². The van der Waals surface area contributed by atoms with Crippen molar-refractivity contribution in [1.29, 1.82) is 0 Å². The van der Waals surface area contributed by atoms with Crippen LogP contribution in [0.15, 0.2) is 29.6 Å². The van der Waals surface area contributed by atoms with Crippen molar-refractivity contribution in [1.82, 2.24) is 19.4 Å². The summed E-state index contributed by atoms with van der Waals surface area (Å²) in [6.45, 7) is 7.43. The fraction of sp³-hybridized carbons (Fsp3) is 0.419. The van der Waals surface area contributed by atoms with Crippen molar-refractivity contribution in [3.8, 4) is 16.9 Å². The molecule has 1 amide bonds. The number of fused-ring (bicyclic) bond motifs is 1. The molecule has 0 radical (unpaired) electrons. The van der Waals surface area contributed by atoms with Crippen LogP contribution in [-0.4, -0.2) is 68.6 Å². The first-order chi connectivity index (χ1) is 22.3. The van der Waals surface area contributed by atoms with Crippen molar-refractivity contribution in [3.05, 3.63) is 52.5 Å². The summed E-state index contributed by atoms with van der Waals surface area (Å²) in [5.41, 5.74) is 2.26. The summed E-state index contributed by atoms with van der Waals surface area (Å²) in [5.74, 6) is -1.43. The molecule has 3 atom stereocenters. The molecule has 0 saturated carbocycles. The Labute approximate surface area is 273 Å². The first-order valence-electron chi connectivity index (χ1n) is 14.9. The second kappa shape index (κ2) is 11.4. The topological polar surface area (TPSA) is 107 Å². The largest absolute Gasteiger partial charge is 0.491 e. The molecule has 0 aliphatic carbocycles. The van der Waals surface area contributed by atoms with Crippen molar-refractivity contribution >= 4 is 61.1 Å². The second-order valence-corrected chi connectivity index (χ2v) is 14.2. The number of carbonyl (C=O) groups is 1. The van der Waals surface area contributed by atoms with Gasteiger partial charge >= 0.3 is 11.9 Å². The number of nitrogens with two attached hydrogens (primary N) is 1. The molecule has 2 aromatic carbocycles. The van der Waals surface area contributed by atoms with Crippen LogP contribution in [-0.2, 0) is 11.0 Å². The van der Waals surface area contributed by atoms with E-state index in [4.69, 9.17) is 10.5 Å². The molecule has 9 nitrogen and oxygen atoms in total. The molecular formula is C31H29F5N6O3S2. The Morgan fingerprint density at radius 3 is 2.43 bits per heavy atom. The summed E-state index contributed by atoms with van der Waals surface area (Å²) in [6, 6.07) is 0.149. The van der Waals surface area contributed by atoms with E-state index in [1.54, 1.807) is 35.4 Å². The monoisotopic (exact) mass is 692 g/mol. The molecule has 1 unspecified atom stereocenters. The third-order valence-corrected chi connectivity index (χ3v) is 11.4. The lowest BCUT2D eigenvalue weighted by Crippen LogP contribution is -2.58. The van der Waals surface area contributed by atoms with Crippen molar-refractivity contribution in [2.75, 3.05) is 41.8 Å². The number of alkyl halides is 3. The molecule has 16 heteroatoms. The van der Waals surface area contributed by atoms with Crippen molar-refractivity contribution < 1.29 is 31.5 Å². The summed E-state index contributed by atoms with van der Waals surface area (Å²) in [4.78, 5) is 38.4. The highest BCUT2D eigenvalue weighted by Gasteiger charge is 2.43. The van der Waals surface area contributed by atoms with Gasteiger partial charge in [-0.05, 0) is 43.4 Å². The molecule has 2 aromatic heterocycles. The van der Waals surface area contributed by atoms with Crippen LogP contribution in [0.1, 0.15) is 31.9 Å². The first kappa shape index (κ1) is 31.7. The van der Waals surface area contributed by atoms with Crippen LogP contribution in [0.4, 0.5) is 32.9 Å². The standard InChI is InChI=1S/C31H29F5N6O3S2/c1-4-21(43)41-13(2)9-40(10-14(41)3)28-16-7-17(31(34,35)36)22(23-18(32)8-19(33)27-24(23)38-29(37)47-27)26-25(16)42(30(44)39-28)20(5-6-45-26)15-11-46-12-15/h4,7-8,13-15,20H,1,5-6,9-12H2,2-3H3,(H2,37,38)/t13-,14+,20?. The van der Waals surface area contributed by atoms with E-state index in [0.29, 0.717) is 23.8 Å². The van der Waals surface area contributed by atoms with Crippen LogP contribution in [0.2, 0.25) is 0 Å². The highest BCUT2D eigenvalue weighted by molar-refractivity contribution is 8.00. The normalized spacial score (nSPS) is 21.9. The lowest BCUT2D eigenvalue weighted by Gasteiger charge is -2.45. The number of ether oxygens (including phenoxy) is 1. The Morgan fingerprint density at radius 1 is 1.11 bits per heavy atom. The highest BCUT2D eigenvalue weighted by atomic mass is 32.2. The molecule has 7 rings (SSSR count). The number of hydrogen-bond donors (Lipinski definition) is 1. The molecule has 3 aliphatic heterocycles. The Balaban J connectivity index is 1.58. The summed E-state index contributed by atoms with van der Waals surface area (Å²) < 4.78 is 83.6. The van der Waals surface area contributed by atoms with E-state index in [9.17, 15) is 14.0 Å². The van der Waals surface area contributed by atoms with Gasteiger partial charge < -0.3 is 20.3 Å². The first-order valence-corrected chi connectivity index (χ1v) is 16.9. The molecule has 3 aliphatic rings. The minimum Gasteiger partial charge on any atom is -0.491 e. The van der Waals surface area contributed by atoms with E-state index >= 15 is 17.6 Å². The van der Waals surface area contributed by atoms with E-state index in [-0.39, 0.29) is 69.3 Å². The number of benzene rings is 2. The number of piperazine rings is 1. The maximum absolute atomic E-state index is 15.8. The fourth-order valence-electron chi connectivity index (χ4n) is 7.16. The number of carbonyl (C=O) groups excluding carboxylic acids is 1. The number of amides is 1. The number of thiazole rings is 1. The molecule has 248 valence electrons. The van der Waals surface area contributed by atoms with Gasteiger partial charge in [-0.25, -0.2) is 18.6 Å². The summed E-state index contributed by atoms with van der Waals surface area (Å²) in [6.07, 6.45) is -3.55. The summed E-state index contributed by atoms with van der Waals surface area (Å²) in [7, 11) is 0. The van der Waals surface area contributed by atoms with Crippen molar-refractivity contribution in [2.24, 2.45) is 5.92 Å². The van der Waals surface area contributed by atoms with E-state index in [2.05, 4.69) is 16.5 Å². The smallest absolute Gasteiger partial charge is 0.417 e. The van der Waals surface area contributed by atoms with Gasteiger partial charge in [0.1, 0.15) is 17.5 Å². The third-order valence-electron chi connectivity index (χ3n) is 9.14. The zero-order valence-electron chi connectivity index (χ0n) is 25.2. The van der Waals surface area contributed by atoms with E-state index in [1.807, 2.05) is 0 Å². The number of thioether (sulfide) groups is 1. The van der Waals surface area contributed by atoms with Crippen LogP contribution in [0, 0.1) is 17.6 Å². The van der Waals surface area contributed by atoms with Crippen molar-refractivity contribution in [2.45, 2.75) is 44.6 Å². The molecule has 2 saturated heterocycles. The Hall–Kier alpha value is -3.92. The van der Waals surface area contributed by atoms with Crippen LogP contribution in [0.5, 0.6) is 5.75 Å². The Kier molecular flexibility index (Phi) is 7.65. The van der Waals surface area contributed by atoms with Gasteiger partial charge in [0.05, 0.1) is 27.9 Å². The maximum atomic E-state index is 15.8. The molecule has 5 heterocycles. The summed E-state index contributed by atoms with van der Waals surface area (Å²) in [5, 5.41) is -0.163.